The Morgan fingerprint density at radius 2 is 1.77 bits per heavy atom. The number of anilines is 1. The van der Waals surface area contributed by atoms with Crippen molar-refractivity contribution >= 4 is 44.6 Å². The molecule has 0 heterocycles. The van der Waals surface area contributed by atoms with Crippen LogP contribution in [-0.4, -0.2) is 18.9 Å². The van der Waals surface area contributed by atoms with E-state index in [1.807, 2.05) is 68.4 Å². The fraction of sp³-hybridized carbons (Fsp3) is 0.143. The molecule has 0 fully saturated rings. The molecule has 4 rings (SSSR count). The Kier molecular flexibility index (Phi) is 8.00. The number of hydrazone groups is 1. The van der Waals surface area contributed by atoms with Gasteiger partial charge < -0.3 is 14.8 Å². The number of para-hydroxylation sites is 1. The SMILES string of the molecule is CCOc1cc(C=NNC(=O)Nc2ccccc2C)cc(Br)c1OCc1cccc2ccccc12. The average Bonchev–Trinajstić information content (AvgIpc) is 2.85. The van der Waals surface area contributed by atoms with E-state index in [9.17, 15) is 4.79 Å². The van der Waals surface area contributed by atoms with Crippen molar-refractivity contribution in [2.24, 2.45) is 5.10 Å². The third-order valence-electron chi connectivity index (χ3n) is 5.36. The fourth-order valence-electron chi connectivity index (χ4n) is 3.66. The van der Waals surface area contributed by atoms with Crippen molar-refractivity contribution in [1.29, 1.82) is 0 Å². The lowest BCUT2D eigenvalue weighted by molar-refractivity contribution is 0.252. The molecule has 0 spiro atoms. The summed E-state index contributed by atoms with van der Waals surface area (Å²) < 4.78 is 12.8. The third kappa shape index (κ3) is 6.19. The first-order chi connectivity index (χ1) is 17.0. The Bertz CT molecular complexity index is 1370. The van der Waals surface area contributed by atoms with Gasteiger partial charge in [0, 0.05) is 5.69 Å². The Morgan fingerprint density at radius 1 is 1.00 bits per heavy atom. The van der Waals surface area contributed by atoms with Gasteiger partial charge in [0.05, 0.1) is 17.3 Å². The van der Waals surface area contributed by atoms with Crippen LogP contribution in [0.15, 0.2) is 88.4 Å². The monoisotopic (exact) mass is 531 g/mol. The Balaban J connectivity index is 1.46. The van der Waals surface area contributed by atoms with E-state index in [0.29, 0.717) is 24.7 Å². The van der Waals surface area contributed by atoms with Crippen LogP contribution in [0.4, 0.5) is 10.5 Å². The maximum atomic E-state index is 12.2. The molecule has 0 unspecified atom stereocenters. The second kappa shape index (κ2) is 11.5. The summed E-state index contributed by atoms with van der Waals surface area (Å²) in [4.78, 5) is 12.2. The molecule has 0 radical (unpaired) electrons. The number of urea groups is 1. The van der Waals surface area contributed by atoms with Gasteiger partial charge in [-0.1, -0.05) is 60.7 Å². The number of aryl methyl sites for hydroxylation is 1. The van der Waals surface area contributed by atoms with E-state index in [1.165, 1.54) is 5.39 Å². The smallest absolute Gasteiger partial charge is 0.339 e. The molecular weight excluding hydrogens is 506 g/mol. The maximum Gasteiger partial charge on any atom is 0.339 e. The van der Waals surface area contributed by atoms with E-state index in [1.54, 1.807) is 6.21 Å². The number of rotatable bonds is 8. The van der Waals surface area contributed by atoms with Gasteiger partial charge in [-0.05, 0) is 75.4 Å². The van der Waals surface area contributed by atoms with Gasteiger partial charge in [0.25, 0.3) is 0 Å². The lowest BCUT2D eigenvalue weighted by atomic mass is 10.1. The Morgan fingerprint density at radius 3 is 2.60 bits per heavy atom. The van der Waals surface area contributed by atoms with Crippen LogP contribution >= 0.6 is 15.9 Å². The van der Waals surface area contributed by atoms with Gasteiger partial charge in [0.15, 0.2) is 11.5 Å². The molecule has 0 bridgehead atoms. The van der Waals surface area contributed by atoms with Crippen LogP contribution in [-0.2, 0) is 6.61 Å². The number of ether oxygens (including phenoxy) is 2. The van der Waals surface area contributed by atoms with Crippen LogP contribution in [0, 0.1) is 6.92 Å². The number of hydrogen-bond acceptors (Lipinski definition) is 4. The molecule has 0 aliphatic heterocycles. The Hall–Kier alpha value is -3.84. The minimum absolute atomic E-state index is 0.397. The summed E-state index contributed by atoms with van der Waals surface area (Å²) >= 11 is 3.60. The van der Waals surface area contributed by atoms with Gasteiger partial charge in [0.1, 0.15) is 6.61 Å². The highest BCUT2D eigenvalue weighted by Crippen LogP contribution is 2.37. The molecule has 6 nitrogen and oxygen atoms in total. The van der Waals surface area contributed by atoms with E-state index in [2.05, 4.69) is 56.0 Å². The summed E-state index contributed by atoms with van der Waals surface area (Å²) in [6, 6.07) is 25.2. The van der Waals surface area contributed by atoms with Gasteiger partial charge in [0.2, 0.25) is 0 Å². The summed E-state index contributed by atoms with van der Waals surface area (Å²) in [5.41, 5.74) is 6.02. The number of carbonyl (C=O) groups excluding carboxylic acids is 1. The number of carbonyl (C=O) groups is 1. The number of benzene rings is 4. The fourth-order valence-corrected chi connectivity index (χ4v) is 4.24. The molecule has 35 heavy (non-hydrogen) atoms. The van der Waals surface area contributed by atoms with Gasteiger partial charge in [-0.3, -0.25) is 0 Å². The zero-order valence-corrected chi connectivity index (χ0v) is 21.1. The average molecular weight is 532 g/mol. The normalized spacial score (nSPS) is 10.9. The molecule has 0 saturated heterocycles. The second-order valence-corrected chi connectivity index (χ2v) is 8.68. The number of nitrogens with zero attached hydrogens (tertiary/aromatic N) is 1. The van der Waals surface area contributed by atoms with Crippen LogP contribution in [0.3, 0.4) is 0 Å². The predicted molar refractivity (Wildman–Crippen MR) is 145 cm³/mol. The highest BCUT2D eigenvalue weighted by Gasteiger charge is 2.13. The summed E-state index contributed by atoms with van der Waals surface area (Å²) in [5, 5.41) is 9.16. The summed E-state index contributed by atoms with van der Waals surface area (Å²) in [7, 11) is 0. The van der Waals surface area contributed by atoms with E-state index >= 15 is 0 Å². The van der Waals surface area contributed by atoms with Crippen molar-refractivity contribution in [3.63, 3.8) is 0 Å². The van der Waals surface area contributed by atoms with Gasteiger partial charge in [-0.2, -0.15) is 5.10 Å². The molecule has 4 aromatic rings. The molecule has 0 aliphatic carbocycles. The van der Waals surface area contributed by atoms with Crippen molar-refractivity contribution in [1.82, 2.24) is 5.43 Å². The van der Waals surface area contributed by atoms with Gasteiger partial charge in [-0.15, -0.1) is 0 Å². The number of halogens is 1. The molecular formula is C28H26BrN3O3. The highest BCUT2D eigenvalue weighted by atomic mass is 79.9. The molecule has 7 heteroatoms. The molecule has 0 atom stereocenters. The minimum Gasteiger partial charge on any atom is -0.490 e. The first-order valence-electron chi connectivity index (χ1n) is 11.3. The van der Waals surface area contributed by atoms with Crippen LogP contribution < -0.4 is 20.2 Å². The number of amides is 2. The van der Waals surface area contributed by atoms with Crippen molar-refractivity contribution in [2.45, 2.75) is 20.5 Å². The van der Waals surface area contributed by atoms with Crippen molar-refractivity contribution in [2.75, 3.05) is 11.9 Å². The van der Waals surface area contributed by atoms with E-state index < -0.39 is 6.03 Å². The van der Waals surface area contributed by atoms with E-state index in [0.717, 1.165) is 32.2 Å². The Labute approximate surface area is 213 Å². The molecule has 4 aromatic carbocycles. The zero-order valence-electron chi connectivity index (χ0n) is 19.5. The topological polar surface area (TPSA) is 72.0 Å². The van der Waals surface area contributed by atoms with E-state index in [-0.39, 0.29) is 0 Å². The standard InChI is InChI=1S/C28H26BrN3O3/c1-3-34-26-16-20(17-30-32-28(33)31-25-14-7-4-9-19(25)2)15-24(29)27(26)35-18-22-12-8-11-21-10-5-6-13-23(21)22/h4-17H,3,18H2,1-2H3,(H2,31,32,33). The van der Waals surface area contributed by atoms with Crippen molar-refractivity contribution < 1.29 is 14.3 Å². The molecule has 2 amide bonds. The highest BCUT2D eigenvalue weighted by molar-refractivity contribution is 9.10. The van der Waals surface area contributed by atoms with Crippen LogP contribution in [0.5, 0.6) is 11.5 Å². The van der Waals surface area contributed by atoms with Crippen LogP contribution in [0.1, 0.15) is 23.6 Å². The van der Waals surface area contributed by atoms with Gasteiger partial charge >= 0.3 is 6.03 Å². The number of nitrogens with one attached hydrogen (secondary N) is 2. The molecule has 0 saturated carbocycles. The quantitative estimate of drug-likeness (QED) is 0.189. The summed E-state index contributed by atoms with van der Waals surface area (Å²) in [6.07, 6.45) is 1.55. The van der Waals surface area contributed by atoms with Crippen molar-refractivity contribution in [3.05, 3.63) is 100 Å². The first kappa shape index (κ1) is 24.3. The first-order valence-corrected chi connectivity index (χ1v) is 12.1. The predicted octanol–water partition coefficient (Wildman–Crippen LogP) is 7.04. The molecule has 0 aromatic heterocycles. The maximum absolute atomic E-state index is 12.2. The van der Waals surface area contributed by atoms with Gasteiger partial charge in [-0.25, -0.2) is 10.2 Å². The molecule has 178 valence electrons. The second-order valence-electron chi connectivity index (χ2n) is 7.83. The molecule has 2 N–H and O–H groups in total. The summed E-state index contributed by atoms with van der Waals surface area (Å²) in [6.45, 7) is 4.72. The van der Waals surface area contributed by atoms with E-state index in [4.69, 9.17) is 9.47 Å². The lowest BCUT2D eigenvalue weighted by Gasteiger charge is -2.15. The molecule has 0 aliphatic rings. The largest absolute Gasteiger partial charge is 0.490 e. The van der Waals surface area contributed by atoms with Crippen LogP contribution in [0.2, 0.25) is 0 Å². The number of hydrogen-bond donors (Lipinski definition) is 2. The van der Waals surface area contributed by atoms with Crippen molar-refractivity contribution in [3.8, 4) is 11.5 Å². The minimum atomic E-state index is -0.422. The number of fused-ring (bicyclic) bond motifs is 1. The zero-order chi connectivity index (χ0) is 24.6. The summed E-state index contributed by atoms with van der Waals surface area (Å²) in [5.74, 6) is 1.20. The third-order valence-corrected chi connectivity index (χ3v) is 5.95. The lowest BCUT2D eigenvalue weighted by Crippen LogP contribution is -2.24. The van der Waals surface area contributed by atoms with Crippen LogP contribution in [0.25, 0.3) is 10.8 Å².